The van der Waals surface area contributed by atoms with E-state index in [1.165, 1.54) is 25.7 Å². The monoisotopic (exact) mass is 342 g/mol. The zero-order valence-corrected chi connectivity index (χ0v) is 14.5. The molecular formula is C19H26N4O2. The van der Waals surface area contributed by atoms with Crippen molar-refractivity contribution in [1.29, 1.82) is 0 Å². The molecule has 3 heterocycles. The lowest BCUT2D eigenvalue weighted by Gasteiger charge is -2.27. The molecule has 2 aliphatic rings. The van der Waals surface area contributed by atoms with E-state index in [2.05, 4.69) is 26.3 Å². The Hall–Kier alpha value is -1.76. The van der Waals surface area contributed by atoms with Gasteiger partial charge in [-0.25, -0.2) is 4.98 Å². The molecule has 1 spiro atoms. The molecule has 134 valence electrons. The van der Waals surface area contributed by atoms with Crippen LogP contribution in [-0.4, -0.2) is 40.0 Å². The Bertz CT molecular complexity index is 639. The molecule has 25 heavy (non-hydrogen) atoms. The SMILES string of the molecule is c1cncc([C@H](NC[C@@H]2COC3(CCCCCC3)O2)c2ncc[nH]2)c1. The molecule has 2 fully saturated rings. The molecule has 2 aromatic rings. The van der Waals surface area contributed by atoms with Crippen LogP contribution in [0.5, 0.6) is 0 Å². The fraction of sp³-hybridized carbons (Fsp3) is 0.579. The van der Waals surface area contributed by atoms with Crippen molar-refractivity contribution in [3.63, 3.8) is 0 Å². The molecule has 1 saturated carbocycles. The summed E-state index contributed by atoms with van der Waals surface area (Å²) in [5.41, 5.74) is 1.08. The molecule has 2 aromatic heterocycles. The van der Waals surface area contributed by atoms with E-state index in [0.29, 0.717) is 6.61 Å². The van der Waals surface area contributed by atoms with Crippen molar-refractivity contribution in [1.82, 2.24) is 20.3 Å². The van der Waals surface area contributed by atoms with Crippen molar-refractivity contribution in [2.75, 3.05) is 13.2 Å². The highest BCUT2D eigenvalue weighted by Crippen LogP contribution is 2.36. The van der Waals surface area contributed by atoms with Crippen molar-refractivity contribution in [2.24, 2.45) is 0 Å². The van der Waals surface area contributed by atoms with Crippen LogP contribution in [0.3, 0.4) is 0 Å². The number of nitrogens with zero attached hydrogens (tertiary/aromatic N) is 2. The van der Waals surface area contributed by atoms with Crippen LogP contribution in [0, 0.1) is 0 Å². The predicted octanol–water partition coefficient (Wildman–Crippen LogP) is 2.95. The van der Waals surface area contributed by atoms with E-state index in [1.807, 2.05) is 18.5 Å². The van der Waals surface area contributed by atoms with Gasteiger partial charge >= 0.3 is 0 Å². The van der Waals surface area contributed by atoms with Crippen LogP contribution in [0.4, 0.5) is 0 Å². The van der Waals surface area contributed by atoms with Crippen LogP contribution in [0.25, 0.3) is 0 Å². The van der Waals surface area contributed by atoms with E-state index in [4.69, 9.17) is 9.47 Å². The van der Waals surface area contributed by atoms with Crippen molar-refractivity contribution in [2.45, 2.75) is 56.5 Å². The number of nitrogens with one attached hydrogen (secondary N) is 2. The van der Waals surface area contributed by atoms with Gasteiger partial charge in [-0.05, 0) is 24.5 Å². The van der Waals surface area contributed by atoms with E-state index in [9.17, 15) is 0 Å². The average molecular weight is 342 g/mol. The molecule has 1 aliphatic heterocycles. The Balaban J connectivity index is 1.40. The van der Waals surface area contributed by atoms with Crippen molar-refractivity contribution in [3.8, 4) is 0 Å². The van der Waals surface area contributed by atoms with Crippen LogP contribution in [0.15, 0.2) is 36.9 Å². The molecule has 0 aromatic carbocycles. The van der Waals surface area contributed by atoms with Gasteiger partial charge in [-0.1, -0.05) is 18.9 Å². The molecule has 4 rings (SSSR count). The molecule has 2 N–H and O–H groups in total. The average Bonchev–Trinajstić information content (AvgIpc) is 3.24. The number of rotatable bonds is 5. The van der Waals surface area contributed by atoms with Crippen LogP contribution in [0.1, 0.15) is 56.0 Å². The predicted molar refractivity (Wildman–Crippen MR) is 93.9 cm³/mol. The third-order valence-electron chi connectivity index (χ3n) is 5.14. The summed E-state index contributed by atoms with van der Waals surface area (Å²) in [5.74, 6) is 0.549. The zero-order chi connectivity index (χ0) is 17.0. The summed E-state index contributed by atoms with van der Waals surface area (Å²) in [7, 11) is 0. The molecule has 1 saturated heterocycles. The molecular weight excluding hydrogens is 316 g/mol. The second-order valence-corrected chi connectivity index (χ2v) is 6.98. The minimum absolute atomic E-state index is 0.0296. The number of ether oxygens (including phenoxy) is 2. The highest BCUT2D eigenvalue weighted by molar-refractivity contribution is 5.21. The van der Waals surface area contributed by atoms with Crippen molar-refractivity contribution >= 4 is 0 Å². The minimum atomic E-state index is -0.336. The normalized spacial score (nSPS) is 24.2. The second-order valence-electron chi connectivity index (χ2n) is 6.98. The molecule has 0 bridgehead atoms. The van der Waals surface area contributed by atoms with E-state index < -0.39 is 0 Å². The third kappa shape index (κ3) is 3.92. The number of hydrogen-bond acceptors (Lipinski definition) is 5. The number of aromatic nitrogens is 3. The first-order chi connectivity index (χ1) is 12.3. The second kappa shape index (κ2) is 7.64. The van der Waals surface area contributed by atoms with Gasteiger partial charge in [0.15, 0.2) is 5.79 Å². The molecule has 0 amide bonds. The highest BCUT2D eigenvalue weighted by Gasteiger charge is 2.41. The minimum Gasteiger partial charge on any atom is -0.347 e. The number of hydrogen-bond donors (Lipinski definition) is 2. The van der Waals surface area contributed by atoms with Crippen molar-refractivity contribution < 1.29 is 9.47 Å². The summed E-state index contributed by atoms with van der Waals surface area (Å²) in [4.78, 5) is 11.9. The van der Waals surface area contributed by atoms with Crippen LogP contribution in [-0.2, 0) is 9.47 Å². The standard InChI is InChI=1S/C19H26N4O2/c1-2-4-8-19(7-3-1)24-14-16(25-19)13-23-17(18-21-10-11-22-18)15-6-5-9-20-12-15/h5-6,9-12,16-17,23H,1-4,7-8,13-14H2,(H,21,22)/t16-,17+/m1/s1. The van der Waals surface area contributed by atoms with E-state index in [0.717, 1.165) is 30.8 Å². The smallest absolute Gasteiger partial charge is 0.168 e. The van der Waals surface area contributed by atoms with E-state index >= 15 is 0 Å². The van der Waals surface area contributed by atoms with E-state index in [-0.39, 0.29) is 17.9 Å². The summed E-state index contributed by atoms with van der Waals surface area (Å²) in [6, 6.07) is 3.98. The van der Waals surface area contributed by atoms with Gasteiger partial charge in [-0.15, -0.1) is 0 Å². The first kappa shape index (κ1) is 16.7. The topological polar surface area (TPSA) is 72.1 Å². The first-order valence-electron chi connectivity index (χ1n) is 9.29. The number of imidazole rings is 1. The molecule has 0 radical (unpaired) electrons. The summed E-state index contributed by atoms with van der Waals surface area (Å²) in [6.45, 7) is 1.38. The van der Waals surface area contributed by atoms with Gasteiger partial charge in [-0.3, -0.25) is 4.98 Å². The Morgan fingerprint density at radius 1 is 1.24 bits per heavy atom. The van der Waals surface area contributed by atoms with Gasteiger partial charge in [0.2, 0.25) is 0 Å². The van der Waals surface area contributed by atoms with Gasteiger partial charge < -0.3 is 19.8 Å². The van der Waals surface area contributed by atoms with Gasteiger partial charge in [-0.2, -0.15) is 0 Å². The number of pyridine rings is 1. The Morgan fingerprint density at radius 2 is 2.12 bits per heavy atom. The first-order valence-corrected chi connectivity index (χ1v) is 9.29. The van der Waals surface area contributed by atoms with E-state index in [1.54, 1.807) is 12.4 Å². The summed E-state index contributed by atoms with van der Waals surface area (Å²) in [5, 5.41) is 3.58. The maximum atomic E-state index is 6.34. The molecule has 1 aliphatic carbocycles. The summed E-state index contributed by atoms with van der Waals surface area (Å²) in [6.07, 6.45) is 14.4. The lowest BCUT2D eigenvalue weighted by atomic mass is 10.1. The quantitative estimate of drug-likeness (QED) is 0.874. The lowest BCUT2D eigenvalue weighted by molar-refractivity contribution is -0.175. The Labute approximate surface area is 148 Å². The molecule has 2 atom stereocenters. The third-order valence-corrected chi connectivity index (χ3v) is 5.14. The van der Waals surface area contributed by atoms with Gasteiger partial charge in [0.25, 0.3) is 0 Å². The fourth-order valence-electron chi connectivity index (χ4n) is 3.85. The van der Waals surface area contributed by atoms with Gasteiger partial charge in [0, 0.05) is 44.2 Å². The molecule has 0 unspecified atom stereocenters. The van der Waals surface area contributed by atoms with Crippen LogP contribution >= 0.6 is 0 Å². The largest absolute Gasteiger partial charge is 0.347 e. The highest BCUT2D eigenvalue weighted by atomic mass is 16.7. The summed E-state index contributed by atoms with van der Waals surface area (Å²) < 4.78 is 12.4. The zero-order valence-electron chi connectivity index (χ0n) is 14.5. The molecule has 6 nitrogen and oxygen atoms in total. The Kier molecular flexibility index (Phi) is 5.10. The number of H-pyrrole nitrogens is 1. The molecule has 6 heteroatoms. The fourth-order valence-corrected chi connectivity index (χ4v) is 3.85. The van der Waals surface area contributed by atoms with Crippen molar-refractivity contribution in [3.05, 3.63) is 48.3 Å². The van der Waals surface area contributed by atoms with Crippen LogP contribution < -0.4 is 5.32 Å². The van der Waals surface area contributed by atoms with Crippen LogP contribution in [0.2, 0.25) is 0 Å². The van der Waals surface area contributed by atoms with Gasteiger partial charge in [0.05, 0.1) is 18.8 Å². The number of aromatic amines is 1. The lowest BCUT2D eigenvalue weighted by Crippen LogP contribution is -2.35. The van der Waals surface area contributed by atoms with Gasteiger partial charge in [0.1, 0.15) is 5.82 Å². The summed E-state index contributed by atoms with van der Waals surface area (Å²) >= 11 is 0. The maximum Gasteiger partial charge on any atom is 0.168 e. The maximum absolute atomic E-state index is 6.34. The Morgan fingerprint density at radius 3 is 2.84 bits per heavy atom.